The molecule has 1 atom stereocenters. The van der Waals surface area contributed by atoms with E-state index < -0.39 is 0 Å². The Labute approximate surface area is 89.1 Å². The van der Waals surface area contributed by atoms with Crippen LogP contribution in [0.3, 0.4) is 0 Å². The lowest BCUT2D eigenvalue weighted by Gasteiger charge is -2.28. The number of aliphatic hydroxyl groups excluding tert-OH is 1. The van der Waals surface area contributed by atoms with Crippen LogP contribution in [0.25, 0.3) is 0 Å². The molecule has 0 bridgehead atoms. The Balaban J connectivity index is 2.77. The van der Waals surface area contributed by atoms with Crippen LogP contribution in [-0.2, 0) is 0 Å². The molecule has 1 heterocycles. The zero-order valence-corrected chi connectivity index (χ0v) is 9.17. The molecule has 0 amide bonds. The van der Waals surface area contributed by atoms with Gasteiger partial charge in [0.05, 0.1) is 12.1 Å². The van der Waals surface area contributed by atoms with Gasteiger partial charge in [-0.1, -0.05) is 18.5 Å². The minimum Gasteiger partial charge on any atom is -0.394 e. The second-order valence-electron chi connectivity index (χ2n) is 3.56. The highest BCUT2D eigenvalue weighted by molar-refractivity contribution is 6.29. The van der Waals surface area contributed by atoms with E-state index in [-0.39, 0.29) is 12.1 Å². The highest BCUT2D eigenvalue weighted by Crippen LogP contribution is 2.19. The van der Waals surface area contributed by atoms with Gasteiger partial charge in [-0.05, 0) is 25.5 Å². The van der Waals surface area contributed by atoms with Gasteiger partial charge < -0.3 is 10.4 Å². The average molecular weight is 215 g/mol. The van der Waals surface area contributed by atoms with Crippen molar-refractivity contribution in [3.63, 3.8) is 0 Å². The first-order chi connectivity index (χ1) is 6.59. The molecule has 78 valence electrons. The molecule has 4 heteroatoms. The van der Waals surface area contributed by atoms with Crippen LogP contribution in [-0.4, -0.2) is 22.2 Å². The minimum atomic E-state index is -0.301. The fourth-order valence-corrected chi connectivity index (χ4v) is 1.24. The number of nitrogens with one attached hydrogen (secondary N) is 1. The highest BCUT2D eigenvalue weighted by atomic mass is 35.5. The number of aromatic nitrogens is 1. The van der Waals surface area contributed by atoms with Crippen molar-refractivity contribution in [1.29, 1.82) is 0 Å². The first-order valence-corrected chi connectivity index (χ1v) is 4.98. The van der Waals surface area contributed by atoms with Gasteiger partial charge >= 0.3 is 0 Å². The number of anilines is 1. The van der Waals surface area contributed by atoms with Crippen molar-refractivity contribution in [1.82, 2.24) is 4.98 Å². The number of aliphatic hydroxyl groups is 1. The van der Waals surface area contributed by atoms with Crippen LogP contribution in [0.4, 0.5) is 5.69 Å². The van der Waals surface area contributed by atoms with Crippen molar-refractivity contribution in [3.05, 3.63) is 23.5 Å². The van der Waals surface area contributed by atoms with Crippen LogP contribution < -0.4 is 5.32 Å². The Hall–Kier alpha value is -0.800. The summed E-state index contributed by atoms with van der Waals surface area (Å²) in [4.78, 5) is 3.88. The van der Waals surface area contributed by atoms with E-state index in [1.807, 2.05) is 19.9 Å². The Kier molecular flexibility index (Phi) is 3.72. The van der Waals surface area contributed by atoms with Gasteiger partial charge in [0.1, 0.15) is 5.15 Å². The number of pyridine rings is 1. The van der Waals surface area contributed by atoms with E-state index in [0.29, 0.717) is 5.15 Å². The zero-order valence-electron chi connectivity index (χ0n) is 8.42. The molecule has 0 fully saturated rings. The van der Waals surface area contributed by atoms with Crippen LogP contribution in [0.5, 0.6) is 0 Å². The molecule has 1 aromatic rings. The van der Waals surface area contributed by atoms with Gasteiger partial charge in [0.15, 0.2) is 0 Å². The molecule has 0 saturated heterocycles. The van der Waals surface area contributed by atoms with Crippen molar-refractivity contribution in [3.8, 4) is 0 Å². The summed E-state index contributed by atoms with van der Waals surface area (Å²) < 4.78 is 0. The molecule has 1 unspecified atom stereocenters. The average Bonchev–Trinajstić information content (AvgIpc) is 2.18. The smallest absolute Gasteiger partial charge is 0.131 e. The van der Waals surface area contributed by atoms with E-state index in [1.165, 1.54) is 0 Å². The molecule has 0 aromatic carbocycles. The van der Waals surface area contributed by atoms with E-state index in [0.717, 1.165) is 12.1 Å². The third-order valence-corrected chi connectivity index (χ3v) is 2.51. The summed E-state index contributed by atoms with van der Waals surface area (Å²) in [5.41, 5.74) is 0.577. The van der Waals surface area contributed by atoms with E-state index in [4.69, 9.17) is 11.6 Å². The monoisotopic (exact) mass is 214 g/mol. The van der Waals surface area contributed by atoms with Gasteiger partial charge in [0.25, 0.3) is 0 Å². The lowest BCUT2D eigenvalue weighted by molar-refractivity contribution is 0.219. The molecule has 0 radical (unpaired) electrons. The zero-order chi connectivity index (χ0) is 10.6. The SMILES string of the molecule is CCC(C)(CO)Nc1ccnc(Cl)c1. The minimum absolute atomic E-state index is 0.0867. The van der Waals surface area contributed by atoms with E-state index in [1.54, 1.807) is 12.3 Å². The fourth-order valence-electron chi connectivity index (χ4n) is 1.07. The Bertz CT molecular complexity index is 300. The lowest BCUT2D eigenvalue weighted by Crippen LogP contribution is -2.37. The molecule has 1 rings (SSSR count). The molecule has 0 aliphatic carbocycles. The van der Waals surface area contributed by atoms with Gasteiger partial charge in [-0.2, -0.15) is 0 Å². The summed E-state index contributed by atoms with van der Waals surface area (Å²) >= 11 is 5.75. The number of hydrogen-bond donors (Lipinski definition) is 2. The van der Waals surface area contributed by atoms with E-state index >= 15 is 0 Å². The maximum Gasteiger partial charge on any atom is 0.131 e. The van der Waals surface area contributed by atoms with Gasteiger partial charge in [0, 0.05) is 11.9 Å². The fraction of sp³-hybridized carbons (Fsp3) is 0.500. The van der Waals surface area contributed by atoms with Crippen molar-refractivity contribution in [2.75, 3.05) is 11.9 Å². The molecular formula is C10H15ClN2O. The Morgan fingerprint density at radius 1 is 1.64 bits per heavy atom. The molecule has 14 heavy (non-hydrogen) atoms. The van der Waals surface area contributed by atoms with Crippen LogP contribution in [0.2, 0.25) is 5.15 Å². The van der Waals surface area contributed by atoms with Gasteiger partial charge in [-0.3, -0.25) is 0 Å². The summed E-state index contributed by atoms with van der Waals surface area (Å²) in [5.74, 6) is 0. The normalized spacial score (nSPS) is 14.9. The molecule has 3 nitrogen and oxygen atoms in total. The van der Waals surface area contributed by atoms with Gasteiger partial charge in [-0.15, -0.1) is 0 Å². The summed E-state index contributed by atoms with van der Waals surface area (Å²) in [7, 11) is 0. The van der Waals surface area contributed by atoms with E-state index in [2.05, 4.69) is 10.3 Å². The number of halogens is 1. The number of rotatable bonds is 4. The quantitative estimate of drug-likeness (QED) is 0.757. The Morgan fingerprint density at radius 3 is 2.86 bits per heavy atom. The molecular weight excluding hydrogens is 200 g/mol. The van der Waals surface area contributed by atoms with Crippen molar-refractivity contribution in [2.45, 2.75) is 25.8 Å². The maximum absolute atomic E-state index is 9.20. The van der Waals surface area contributed by atoms with Gasteiger partial charge in [-0.25, -0.2) is 4.98 Å². The van der Waals surface area contributed by atoms with Crippen molar-refractivity contribution in [2.24, 2.45) is 0 Å². The summed E-state index contributed by atoms with van der Waals surface area (Å²) in [6.45, 7) is 4.07. The maximum atomic E-state index is 9.20. The Morgan fingerprint density at radius 2 is 2.36 bits per heavy atom. The predicted molar refractivity (Wildman–Crippen MR) is 58.7 cm³/mol. The topological polar surface area (TPSA) is 45.1 Å². The third-order valence-electron chi connectivity index (χ3n) is 2.30. The second-order valence-corrected chi connectivity index (χ2v) is 3.95. The van der Waals surface area contributed by atoms with Crippen molar-refractivity contribution < 1.29 is 5.11 Å². The first-order valence-electron chi connectivity index (χ1n) is 4.60. The third kappa shape index (κ3) is 2.86. The van der Waals surface area contributed by atoms with Crippen LogP contribution in [0.1, 0.15) is 20.3 Å². The largest absolute Gasteiger partial charge is 0.394 e. The second kappa shape index (κ2) is 4.62. The highest BCUT2D eigenvalue weighted by Gasteiger charge is 2.20. The molecule has 0 aliphatic heterocycles. The molecule has 0 saturated carbocycles. The summed E-state index contributed by atoms with van der Waals surface area (Å²) in [5, 5.41) is 12.9. The summed E-state index contributed by atoms with van der Waals surface area (Å²) in [6, 6.07) is 3.57. The summed E-state index contributed by atoms with van der Waals surface area (Å²) in [6.07, 6.45) is 2.47. The van der Waals surface area contributed by atoms with E-state index in [9.17, 15) is 5.11 Å². The van der Waals surface area contributed by atoms with Crippen LogP contribution in [0, 0.1) is 0 Å². The molecule has 1 aromatic heterocycles. The lowest BCUT2D eigenvalue weighted by atomic mass is 10.00. The molecule has 0 spiro atoms. The van der Waals surface area contributed by atoms with Gasteiger partial charge in [0.2, 0.25) is 0 Å². The number of hydrogen-bond acceptors (Lipinski definition) is 3. The van der Waals surface area contributed by atoms with Crippen LogP contribution in [0.15, 0.2) is 18.3 Å². The predicted octanol–water partition coefficient (Wildman–Crippen LogP) is 2.31. The molecule has 2 N–H and O–H groups in total. The number of nitrogens with zero attached hydrogens (tertiary/aromatic N) is 1. The molecule has 0 aliphatic rings. The first kappa shape index (κ1) is 11.3. The van der Waals surface area contributed by atoms with Crippen LogP contribution >= 0.6 is 11.6 Å². The van der Waals surface area contributed by atoms with Crippen molar-refractivity contribution >= 4 is 17.3 Å². The standard InChI is InChI=1S/C10H15ClN2O/c1-3-10(2,7-14)13-8-4-5-12-9(11)6-8/h4-6,14H,3,7H2,1-2H3,(H,12,13).